The Morgan fingerprint density at radius 3 is 2.65 bits per heavy atom. The molecule has 37 heavy (non-hydrogen) atoms. The Morgan fingerprint density at radius 2 is 1.95 bits per heavy atom. The van der Waals surface area contributed by atoms with Gasteiger partial charge in [-0.1, -0.05) is 19.9 Å². The summed E-state index contributed by atoms with van der Waals surface area (Å²) in [6.07, 6.45) is 1.37. The van der Waals surface area contributed by atoms with Crippen molar-refractivity contribution in [1.29, 1.82) is 0 Å². The fourth-order valence-corrected chi connectivity index (χ4v) is 4.33. The van der Waals surface area contributed by atoms with Crippen molar-refractivity contribution in [2.24, 2.45) is 7.05 Å². The van der Waals surface area contributed by atoms with Crippen molar-refractivity contribution in [2.75, 3.05) is 17.2 Å². The minimum atomic E-state index is -1.27. The lowest BCUT2D eigenvalue weighted by Crippen LogP contribution is -2.29. The maximum atomic E-state index is 10.9. The van der Waals surface area contributed by atoms with Crippen LogP contribution in [0.15, 0.2) is 30.7 Å². The minimum Gasteiger partial charge on any atom is -0.387 e. The molecule has 0 radical (unpaired) electrons. The number of aliphatic hydroxyl groups is 2. The number of nitrogens with zero attached hydrogens (tertiary/aromatic N) is 9. The van der Waals surface area contributed by atoms with Crippen molar-refractivity contribution < 1.29 is 14.9 Å². The predicted octanol–water partition coefficient (Wildman–Crippen LogP) is 0.992. The number of pyridine rings is 1. The van der Waals surface area contributed by atoms with Crippen molar-refractivity contribution in [3.05, 3.63) is 42.2 Å². The van der Waals surface area contributed by atoms with E-state index in [1.165, 1.54) is 11.1 Å². The smallest absolute Gasteiger partial charge is 0.226 e. The van der Waals surface area contributed by atoms with Crippen LogP contribution in [0.3, 0.4) is 0 Å². The van der Waals surface area contributed by atoms with Crippen molar-refractivity contribution >= 4 is 22.9 Å². The molecule has 0 bridgehead atoms. The van der Waals surface area contributed by atoms with E-state index in [1.54, 1.807) is 17.8 Å². The summed E-state index contributed by atoms with van der Waals surface area (Å²) in [6.45, 7) is 4.78. The molecule has 5 heterocycles. The Bertz CT molecular complexity index is 1320. The van der Waals surface area contributed by atoms with E-state index in [2.05, 4.69) is 54.8 Å². The zero-order chi connectivity index (χ0) is 25.9. The molecule has 14 heteroatoms. The molecule has 0 amide bonds. The van der Waals surface area contributed by atoms with Gasteiger partial charge in [0.15, 0.2) is 29.3 Å². The topological polar surface area (TPSA) is 174 Å². The molecule has 1 aliphatic rings. The Labute approximate surface area is 213 Å². The highest BCUT2D eigenvalue weighted by Crippen LogP contribution is 2.39. The van der Waals surface area contributed by atoms with Gasteiger partial charge >= 0.3 is 0 Å². The van der Waals surface area contributed by atoms with Crippen molar-refractivity contribution in [2.45, 2.75) is 63.7 Å². The maximum Gasteiger partial charge on any atom is 0.226 e. The molecule has 4 aromatic heterocycles. The number of aromatic nitrogens is 9. The molecular weight excluding hydrogens is 478 g/mol. The fourth-order valence-electron chi connectivity index (χ4n) is 4.33. The normalized spacial score (nSPS) is 21.7. The summed E-state index contributed by atoms with van der Waals surface area (Å²) in [5, 5.41) is 40.1. The van der Waals surface area contributed by atoms with Gasteiger partial charge in [0.05, 0.1) is 13.4 Å². The number of fused-ring (bicyclic) bond motifs is 1. The van der Waals surface area contributed by atoms with Crippen LogP contribution in [0.2, 0.25) is 0 Å². The summed E-state index contributed by atoms with van der Waals surface area (Å²) in [7, 11) is 1.61. The molecule has 1 saturated heterocycles. The van der Waals surface area contributed by atoms with E-state index in [1.807, 2.05) is 18.2 Å². The first-order valence-corrected chi connectivity index (χ1v) is 12.4. The molecule has 1 aliphatic heterocycles. The third-order valence-corrected chi connectivity index (χ3v) is 6.43. The summed E-state index contributed by atoms with van der Waals surface area (Å²) in [5.41, 5.74) is 1.94. The highest BCUT2D eigenvalue weighted by molar-refractivity contribution is 5.84. The van der Waals surface area contributed by atoms with Crippen LogP contribution >= 0.6 is 0 Å². The molecular formula is C23H31N11O3. The van der Waals surface area contributed by atoms with E-state index in [4.69, 9.17) is 9.72 Å². The Morgan fingerprint density at radius 1 is 1.11 bits per heavy atom. The molecule has 196 valence electrons. The third-order valence-electron chi connectivity index (χ3n) is 6.43. The van der Waals surface area contributed by atoms with Gasteiger partial charge in [0.1, 0.15) is 12.2 Å². The Kier molecular flexibility index (Phi) is 7.21. The first-order valence-electron chi connectivity index (χ1n) is 12.4. The van der Waals surface area contributed by atoms with Crippen LogP contribution in [0.5, 0.6) is 0 Å². The zero-order valence-electron chi connectivity index (χ0n) is 20.9. The van der Waals surface area contributed by atoms with Gasteiger partial charge in [-0.2, -0.15) is 14.8 Å². The fraction of sp³-hybridized carbons (Fsp3) is 0.522. The number of nitrogens with one attached hydrogen (secondary N) is 2. The first kappa shape index (κ1) is 24.9. The third kappa shape index (κ3) is 5.08. The standard InChI is InChI=1S/C23H31N11O3/c1-4-13(5-2)27-19-15-21(29-23(28-19)25-11-9-14-8-6-7-10-24-14)34(12-26-15)22-17(36)16(35)18(37-22)20-30-32-33(3)31-20/h6-8,10,12-13,16-18,22,35-36H,4-5,9,11H2,1-3H3,(H2,25,27,28,29)/t16-,17+,18-,22+/m0/s1. The van der Waals surface area contributed by atoms with Crippen LogP contribution < -0.4 is 10.6 Å². The van der Waals surface area contributed by atoms with Crippen LogP contribution in [0.4, 0.5) is 11.8 Å². The van der Waals surface area contributed by atoms with Gasteiger partial charge in [-0.05, 0) is 30.2 Å². The lowest BCUT2D eigenvalue weighted by Gasteiger charge is -2.18. The molecule has 1 fully saturated rings. The SMILES string of the molecule is CCC(CC)Nc1nc(NCCc2ccccn2)nc2c1ncn2[C@@H]1O[C@H](c2nnn(C)n2)[C@@H](O)[C@H]1O. The Balaban J connectivity index is 1.46. The van der Waals surface area contributed by atoms with Crippen LogP contribution in [-0.4, -0.2) is 79.7 Å². The molecule has 0 spiro atoms. The van der Waals surface area contributed by atoms with E-state index in [-0.39, 0.29) is 11.9 Å². The number of aryl methyl sites for hydroxylation is 1. The molecule has 0 aliphatic carbocycles. The zero-order valence-corrected chi connectivity index (χ0v) is 20.9. The van der Waals surface area contributed by atoms with Gasteiger partial charge in [-0.15, -0.1) is 10.2 Å². The maximum absolute atomic E-state index is 10.9. The highest BCUT2D eigenvalue weighted by atomic mass is 16.6. The molecule has 14 nitrogen and oxygen atoms in total. The predicted molar refractivity (Wildman–Crippen MR) is 133 cm³/mol. The van der Waals surface area contributed by atoms with Gasteiger partial charge in [-0.3, -0.25) is 9.55 Å². The summed E-state index contributed by atoms with van der Waals surface area (Å²) < 4.78 is 7.62. The summed E-state index contributed by atoms with van der Waals surface area (Å²) in [5.74, 6) is 1.17. The second-order valence-corrected chi connectivity index (χ2v) is 8.94. The number of ether oxygens (including phenoxy) is 1. The highest BCUT2D eigenvalue weighted by Gasteiger charge is 2.47. The van der Waals surface area contributed by atoms with Crippen LogP contribution in [0.25, 0.3) is 11.2 Å². The van der Waals surface area contributed by atoms with Crippen molar-refractivity contribution in [3.8, 4) is 0 Å². The lowest BCUT2D eigenvalue weighted by molar-refractivity contribution is -0.0384. The lowest BCUT2D eigenvalue weighted by atomic mass is 10.1. The van der Waals surface area contributed by atoms with Gasteiger partial charge < -0.3 is 25.6 Å². The van der Waals surface area contributed by atoms with Gasteiger partial charge in [0.2, 0.25) is 11.8 Å². The molecule has 0 unspecified atom stereocenters. The van der Waals surface area contributed by atoms with E-state index in [9.17, 15) is 10.2 Å². The summed E-state index contributed by atoms with van der Waals surface area (Å²) >= 11 is 0. The van der Waals surface area contributed by atoms with Crippen LogP contribution in [-0.2, 0) is 18.2 Å². The molecule has 5 rings (SSSR count). The molecule has 4 N–H and O–H groups in total. The van der Waals surface area contributed by atoms with Crippen molar-refractivity contribution in [1.82, 2.24) is 44.7 Å². The quantitative estimate of drug-likeness (QED) is 0.239. The molecule has 4 atom stereocenters. The average Bonchev–Trinajstić information content (AvgIpc) is 3.61. The van der Waals surface area contributed by atoms with Crippen LogP contribution in [0.1, 0.15) is 50.5 Å². The minimum absolute atomic E-state index is 0.184. The second-order valence-electron chi connectivity index (χ2n) is 8.94. The van der Waals surface area contributed by atoms with Crippen molar-refractivity contribution in [3.63, 3.8) is 0 Å². The number of hydrogen-bond acceptors (Lipinski definition) is 12. The van der Waals surface area contributed by atoms with E-state index in [0.717, 1.165) is 18.5 Å². The average molecular weight is 510 g/mol. The van der Waals surface area contributed by atoms with Gasteiger partial charge in [0.25, 0.3) is 0 Å². The molecule has 0 aromatic carbocycles. The second kappa shape index (κ2) is 10.7. The first-order chi connectivity index (χ1) is 18.0. The molecule has 0 saturated carbocycles. The number of hydrogen-bond donors (Lipinski definition) is 4. The van der Waals surface area contributed by atoms with E-state index < -0.39 is 24.5 Å². The number of tetrazole rings is 1. The summed E-state index contributed by atoms with van der Waals surface area (Å²) in [4.78, 5) is 19.5. The summed E-state index contributed by atoms with van der Waals surface area (Å²) in [6, 6.07) is 6.00. The van der Waals surface area contributed by atoms with E-state index >= 15 is 0 Å². The number of anilines is 2. The van der Waals surface area contributed by atoms with Gasteiger partial charge in [-0.25, -0.2) is 4.98 Å². The number of imidazole rings is 1. The largest absolute Gasteiger partial charge is 0.387 e. The number of aliphatic hydroxyl groups excluding tert-OH is 2. The van der Waals surface area contributed by atoms with Crippen LogP contribution in [0, 0.1) is 0 Å². The number of rotatable bonds is 10. The molecule has 4 aromatic rings. The van der Waals surface area contributed by atoms with Gasteiger partial charge in [0, 0.05) is 30.9 Å². The van der Waals surface area contributed by atoms with E-state index in [0.29, 0.717) is 35.9 Å². The Hall–Kier alpha value is -3.75. The monoisotopic (exact) mass is 509 g/mol.